The number of nitrogens with zero attached hydrogens (tertiary/aromatic N) is 1. The van der Waals surface area contributed by atoms with Crippen LogP contribution < -0.4 is 4.74 Å². The van der Waals surface area contributed by atoms with Gasteiger partial charge >= 0.3 is 5.97 Å². The highest BCUT2D eigenvalue weighted by Crippen LogP contribution is 2.22. The summed E-state index contributed by atoms with van der Waals surface area (Å²) in [7, 11) is 0. The minimum atomic E-state index is -0.301. The number of carbonyl (C=O) groups excluding carboxylic acids is 3. The number of furan rings is 1. The third-order valence-corrected chi connectivity index (χ3v) is 4.56. The lowest BCUT2D eigenvalue weighted by molar-refractivity contribution is -0.140. The van der Waals surface area contributed by atoms with E-state index in [1.54, 1.807) is 48.2 Å². The Morgan fingerprint density at radius 2 is 1.81 bits per heavy atom. The van der Waals surface area contributed by atoms with Crippen molar-refractivity contribution in [2.24, 2.45) is 5.92 Å². The minimum Gasteiger partial charge on any atom is -0.459 e. The molecule has 0 spiro atoms. The number of esters is 1. The molecular weight excluding hydrogens is 334 g/mol. The number of amides is 1. The molecule has 2 aromatic rings. The molecule has 0 unspecified atom stereocenters. The minimum absolute atomic E-state index is 0.0523. The van der Waals surface area contributed by atoms with Crippen LogP contribution in [-0.2, 0) is 4.79 Å². The predicted molar refractivity (Wildman–Crippen MR) is 94.0 cm³/mol. The summed E-state index contributed by atoms with van der Waals surface area (Å²) in [4.78, 5) is 37.9. The topological polar surface area (TPSA) is 76.8 Å². The van der Waals surface area contributed by atoms with E-state index in [0.717, 1.165) is 0 Å². The highest BCUT2D eigenvalue weighted by atomic mass is 16.5. The van der Waals surface area contributed by atoms with Crippen molar-refractivity contribution in [2.45, 2.75) is 26.2 Å². The molecule has 26 heavy (non-hydrogen) atoms. The first-order chi connectivity index (χ1) is 12.6. The molecule has 0 atom stereocenters. The second kappa shape index (κ2) is 7.99. The molecule has 0 N–H and O–H groups in total. The van der Waals surface area contributed by atoms with Crippen LogP contribution in [0.25, 0.3) is 0 Å². The summed E-state index contributed by atoms with van der Waals surface area (Å²) in [6, 6.07) is 9.91. The molecule has 1 aromatic carbocycles. The zero-order valence-corrected chi connectivity index (χ0v) is 14.6. The zero-order valence-electron chi connectivity index (χ0n) is 14.6. The van der Waals surface area contributed by atoms with Crippen molar-refractivity contribution in [1.82, 2.24) is 4.90 Å². The van der Waals surface area contributed by atoms with Gasteiger partial charge in [-0.15, -0.1) is 0 Å². The van der Waals surface area contributed by atoms with Gasteiger partial charge in [-0.1, -0.05) is 6.92 Å². The van der Waals surface area contributed by atoms with Gasteiger partial charge in [-0.2, -0.15) is 0 Å². The standard InChI is InChI=1S/C20H21NO5/c1-2-17(22)14-5-7-16(8-6-14)26-20(24)15-9-11-21(12-10-15)19(23)18-4-3-13-25-18/h3-8,13,15H,2,9-12H2,1H3. The van der Waals surface area contributed by atoms with Crippen LogP contribution in [0.15, 0.2) is 47.1 Å². The quantitative estimate of drug-likeness (QED) is 0.467. The Labute approximate surface area is 151 Å². The smallest absolute Gasteiger partial charge is 0.314 e. The molecule has 136 valence electrons. The van der Waals surface area contributed by atoms with E-state index in [4.69, 9.17) is 9.15 Å². The summed E-state index contributed by atoms with van der Waals surface area (Å²) in [5.74, 6) is 0.0937. The first-order valence-electron chi connectivity index (χ1n) is 8.76. The van der Waals surface area contributed by atoms with Gasteiger partial charge in [-0.25, -0.2) is 0 Å². The summed E-state index contributed by atoms with van der Waals surface area (Å²) < 4.78 is 10.5. The van der Waals surface area contributed by atoms with E-state index in [-0.39, 0.29) is 23.6 Å². The number of hydrogen-bond donors (Lipinski definition) is 0. The van der Waals surface area contributed by atoms with E-state index in [1.165, 1.54) is 6.26 Å². The highest BCUT2D eigenvalue weighted by Gasteiger charge is 2.29. The zero-order chi connectivity index (χ0) is 18.5. The summed E-state index contributed by atoms with van der Waals surface area (Å²) in [5, 5.41) is 0. The summed E-state index contributed by atoms with van der Waals surface area (Å²) in [6.45, 7) is 2.78. The van der Waals surface area contributed by atoms with Crippen molar-refractivity contribution in [3.8, 4) is 5.75 Å². The molecule has 0 radical (unpaired) electrons. The number of Topliss-reactive ketones (excluding diaryl/α,β-unsaturated/α-hetero) is 1. The van der Waals surface area contributed by atoms with Crippen molar-refractivity contribution in [3.05, 3.63) is 54.0 Å². The Hall–Kier alpha value is -2.89. The summed E-state index contributed by atoms with van der Waals surface area (Å²) in [6.07, 6.45) is 3.01. The number of piperidine rings is 1. The van der Waals surface area contributed by atoms with Crippen LogP contribution in [0, 0.1) is 5.92 Å². The van der Waals surface area contributed by atoms with Crippen molar-refractivity contribution in [1.29, 1.82) is 0 Å². The highest BCUT2D eigenvalue weighted by molar-refractivity contribution is 5.96. The molecule has 1 aliphatic rings. The van der Waals surface area contributed by atoms with Crippen molar-refractivity contribution in [2.75, 3.05) is 13.1 Å². The maximum absolute atomic E-state index is 12.3. The number of carbonyl (C=O) groups is 3. The SMILES string of the molecule is CCC(=O)c1ccc(OC(=O)C2CCN(C(=O)c3ccco3)CC2)cc1. The van der Waals surface area contributed by atoms with Crippen LogP contribution >= 0.6 is 0 Å². The number of ether oxygens (including phenoxy) is 1. The van der Waals surface area contributed by atoms with Gasteiger partial charge in [0.2, 0.25) is 0 Å². The van der Waals surface area contributed by atoms with Crippen LogP contribution in [0.4, 0.5) is 0 Å². The van der Waals surface area contributed by atoms with E-state index in [2.05, 4.69) is 0 Å². The third kappa shape index (κ3) is 4.02. The number of likely N-dealkylation sites (tertiary alicyclic amines) is 1. The molecule has 3 rings (SSSR count). The lowest BCUT2D eigenvalue weighted by Crippen LogP contribution is -2.41. The molecule has 1 saturated heterocycles. The fraction of sp³-hybridized carbons (Fsp3) is 0.350. The maximum atomic E-state index is 12.3. The van der Waals surface area contributed by atoms with E-state index in [1.807, 2.05) is 0 Å². The van der Waals surface area contributed by atoms with Crippen LogP contribution in [-0.4, -0.2) is 35.6 Å². The molecule has 6 nitrogen and oxygen atoms in total. The van der Waals surface area contributed by atoms with E-state index in [9.17, 15) is 14.4 Å². The molecule has 1 aromatic heterocycles. The molecular formula is C20H21NO5. The molecule has 1 fully saturated rings. The van der Waals surface area contributed by atoms with Gasteiger partial charge in [0.05, 0.1) is 12.2 Å². The molecule has 6 heteroatoms. The van der Waals surface area contributed by atoms with E-state index >= 15 is 0 Å². The van der Waals surface area contributed by atoms with E-state index in [0.29, 0.717) is 49.4 Å². The van der Waals surface area contributed by atoms with Gasteiger partial charge < -0.3 is 14.1 Å². The molecule has 1 aliphatic heterocycles. The molecule has 0 bridgehead atoms. The normalized spacial score (nSPS) is 14.9. The van der Waals surface area contributed by atoms with Crippen LogP contribution in [0.2, 0.25) is 0 Å². The molecule has 2 heterocycles. The van der Waals surface area contributed by atoms with Crippen LogP contribution in [0.3, 0.4) is 0 Å². The van der Waals surface area contributed by atoms with Gasteiger partial charge in [-0.05, 0) is 49.2 Å². The van der Waals surface area contributed by atoms with Gasteiger partial charge in [0.15, 0.2) is 11.5 Å². The average molecular weight is 355 g/mol. The Morgan fingerprint density at radius 1 is 1.12 bits per heavy atom. The Balaban J connectivity index is 1.52. The fourth-order valence-electron chi connectivity index (χ4n) is 2.99. The van der Waals surface area contributed by atoms with Gasteiger partial charge in [0.1, 0.15) is 5.75 Å². The lowest BCUT2D eigenvalue weighted by atomic mass is 9.97. The number of rotatable bonds is 5. The van der Waals surface area contributed by atoms with E-state index < -0.39 is 0 Å². The Morgan fingerprint density at radius 3 is 2.38 bits per heavy atom. The molecule has 1 amide bonds. The van der Waals surface area contributed by atoms with Crippen molar-refractivity contribution in [3.63, 3.8) is 0 Å². The summed E-state index contributed by atoms with van der Waals surface area (Å²) in [5.41, 5.74) is 0.608. The number of hydrogen-bond acceptors (Lipinski definition) is 5. The molecule has 0 aliphatic carbocycles. The number of benzene rings is 1. The third-order valence-electron chi connectivity index (χ3n) is 4.56. The second-order valence-electron chi connectivity index (χ2n) is 6.27. The summed E-state index contributed by atoms with van der Waals surface area (Å²) >= 11 is 0. The van der Waals surface area contributed by atoms with Crippen LogP contribution in [0.5, 0.6) is 5.75 Å². The molecule has 0 saturated carbocycles. The van der Waals surface area contributed by atoms with Gasteiger partial charge in [0.25, 0.3) is 5.91 Å². The van der Waals surface area contributed by atoms with Gasteiger partial charge in [0, 0.05) is 25.1 Å². The lowest BCUT2D eigenvalue weighted by Gasteiger charge is -2.30. The largest absolute Gasteiger partial charge is 0.459 e. The first kappa shape index (κ1) is 17.9. The van der Waals surface area contributed by atoms with Gasteiger partial charge in [-0.3, -0.25) is 14.4 Å². The Kier molecular flexibility index (Phi) is 5.51. The van der Waals surface area contributed by atoms with Crippen LogP contribution in [0.1, 0.15) is 47.1 Å². The van der Waals surface area contributed by atoms with Crippen molar-refractivity contribution >= 4 is 17.7 Å². The maximum Gasteiger partial charge on any atom is 0.314 e. The number of ketones is 1. The first-order valence-corrected chi connectivity index (χ1v) is 8.76. The predicted octanol–water partition coefficient (Wildman–Crippen LogP) is 3.33. The average Bonchev–Trinajstić information content (AvgIpc) is 3.22. The Bertz CT molecular complexity index is 771. The fourth-order valence-corrected chi connectivity index (χ4v) is 2.99. The monoisotopic (exact) mass is 355 g/mol. The van der Waals surface area contributed by atoms with Crippen molar-refractivity contribution < 1.29 is 23.5 Å². The second-order valence-corrected chi connectivity index (χ2v) is 6.27.